The van der Waals surface area contributed by atoms with Gasteiger partial charge < -0.3 is 14.8 Å². The first kappa shape index (κ1) is 19.4. The average molecular weight is 288 g/mol. The highest BCUT2D eigenvalue weighted by Crippen LogP contribution is 2.14. The van der Waals surface area contributed by atoms with Crippen LogP contribution in [0.1, 0.15) is 40.5 Å². The molecular formula is C15H32N2O3. The molecule has 0 amide bonds. The van der Waals surface area contributed by atoms with Crippen LogP contribution >= 0.6 is 0 Å². The van der Waals surface area contributed by atoms with Gasteiger partial charge >= 0.3 is 5.97 Å². The lowest BCUT2D eigenvalue weighted by Gasteiger charge is -2.33. The number of nitrogens with zero attached hydrogens (tertiary/aromatic N) is 1. The predicted molar refractivity (Wildman–Crippen MR) is 81.9 cm³/mol. The quantitative estimate of drug-likeness (QED) is 0.586. The third-order valence-corrected chi connectivity index (χ3v) is 3.61. The van der Waals surface area contributed by atoms with Crippen LogP contribution in [0.15, 0.2) is 0 Å². The minimum Gasteiger partial charge on any atom is -0.468 e. The predicted octanol–water partition coefficient (Wildman–Crippen LogP) is 1.66. The van der Waals surface area contributed by atoms with Crippen molar-refractivity contribution in [2.75, 3.05) is 40.5 Å². The van der Waals surface area contributed by atoms with Gasteiger partial charge in [-0.05, 0) is 40.2 Å². The lowest BCUT2D eigenvalue weighted by molar-refractivity contribution is -0.148. The van der Waals surface area contributed by atoms with Crippen LogP contribution < -0.4 is 5.32 Å². The molecule has 0 bridgehead atoms. The third-order valence-electron chi connectivity index (χ3n) is 3.61. The summed E-state index contributed by atoms with van der Waals surface area (Å²) in [6, 6.07) is 0.429. The fourth-order valence-corrected chi connectivity index (χ4v) is 2.09. The van der Waals surface area contributed by atoms with Crippen molar-refractivity contribution in [3.63, 3.8) is 0 Å². The fourth-order valence-electron chi connectivity index (χ4n) is 2.09. The van der Waals surface area contributed by atoms with Crippen molar-refractivity contribution in [3.8, 4) is 0 Å². The summed E-state index contributed by atoms with van der Waals surface area (Å²) >= 11 is 0. The summed E-state index contributed by atoms with van der Waals surface area (Å²) in [5.74, 6) is -0.193. The van der Waals surface area contributed by atoms with Crippen LogP contribution in [0, 0.1) is 0 Å². The highest BCUT2D eigenvalue weighted by molar-refractivity contribution is 5.80. The van der Waals surface area contributed by atoms with Crippen LogP contribution in [0.3, 0.4) is 0 Å². The van der Waals surface area contributed by atoms with E-state index in [1.54, 1.807) is 7.11 Å². The van der Waals surface area contributed by atoms with Gasteiger partial charge in [0.05, 0.1) is 13.7 Å². The summed E-state index contributed by atoms with van der Waals surface area (Å²) < 4.78 is 10.1. The molecule has 1 atom stereocenters. The minimum absolute atomic E-state index is 0.193. The summed E-state index contributed by atoms with van der Waals surface area (Å²) in [5.41, 5.74) is -0.620. The molecule has 0 radical (unpaired) electrons. The summed E-state index contributed by atoms with van der Waals surface area (Å²) in [7, 11) is 3.15. The molecule has 5 heteroatoms. The number of esters is 1. The van der Waals surface area contributed by atoms with E-state index < -0.39 is 5.54 Å². The van der Waals surface area contributed by atoms with E-state index in [4.69, 9.17) is 9.47 Å². The van der Waals surface area contributed by atoms with Crippen molar-refractivity contribution in [1.82, 2.24) is 10.2 Å². The zero-order valence-electron chi connectivity index (χ0n) is 14.0. The maximum absolute atomic E-state index is 12.0. The van der Waals surface area contributed by atoms with Crippen LogP contribution in [0.25, 0.3) is 0 Å². The fraction of sp³-hybridized carbons (Fsp3) is 0.933. The van der Waals surface area contributed by atoms with Crippen LogP contribution in [0.4, 0.5) is 0 Å². The topological polar surface area (TPSA) is 50.8 Å². The first-order valence-corrected chi connectivity index (χ1v) is 7.47. The van der Waals surface area contributed by atoms with Gasteiger partial charge in [-0.2, -0.15) is 0 Å². The van der Waals surface area contributed by atoms with Crippen molar-refractivity contribution in [2.24, 2.45) is 0 Å². The van der Waals surface area contributed by atoms with Gasteiger partial charge in [-0.15, -0.1) is 0 Å². The van der Waals surface area contributed by atoms with E-state index in [9.17, 15) is 4.79 Å². The average Bonchev–Trinajstić information content (AvgIpc) is 2.43. The molecule has 0 aliphatic heterocycles. The molecule has 0 heterocycles. The molecule has 0 aliphatic rings. The Bertz CT molecular complexity index is 272. The molecule has 0 aromatic carbocycles. The highest BCUT2D eigenvalue weighted by Gasteiger charge is 2.33. The number of rotatable bonds is 11. The Hall–Kier alpha value is -0.650. The second-order valence-electron chi connectivity index (χ2n) is 5.62. The van der Waals surface area contributed by atoms with E-state index in [1.807, 2.05) is 6.92 Å². The third kappa shape index (κ3) is 6.68. The Morgan fingerprint density at radius 1 is 1.30 bits per heavy atom. The number of carbonyl (C=O) groups is 1. The second-order valence-corrected chi connectivity index (χ2v) is 5.62. The largest absolute Gasteiger partial charge is 0.468 e. The molecular weight excluding hydrogens is 256 g/mol. The van der Waals surface area contributed by atoms with Crippen LogP contribution in [-0.2, 0) is 14.3 Å². The van der Waals surface area contributed by atoms with E-state index in [0.29, 0.717) is 12.6 Å². The molecule has 120 valence electrons. The molecule has 0 spiro atoms. The van der Waals surface area contributed by atoms with Crippen molar-refractivity contribution in [3.05, 3.63) is 0 Å². The maximum Gasteiger partial charge on any atom is 0.325 e. The monoisotopic (exact) mass is 288 g/mol. The molecule has 0 saturated heterocycles. The molecule has 0 rings (SSSR count). The van der Waals surface area contributed by atoms with Gasteiger partial charge in [-0.1, -0.05) is 6.92 Å². The molecule has 0 saturated carbocycles. The summed E-state index contributed by atoms with van der Waals surface area (Å²) in [4.78, 5) is 14.3. The van der Waals surface area contributed by atoms with Gasteiger partial charge in [-0.25, -0.2) is 0 Å². The summed E-state index contributed by atoms with van der Waals surface area (Å²) in [6.07, 6.45) is 1.71. The number of hydrogen-bond acceptors (Lipinski definition) is 5. The molecule has 20 heavy (non-hydrogen) atoms. The number of nitrogens with one attached hydrogen (secondary N) is 1. The maximum atomic E-state index is 12.0. The number of carbonyl (C=O) groups excluding carboxylic acids is 1. The van der Waals surface area contributed by atoms with E-state index >= 15 is 0 Å². The molecule has 1 unspecified atom stereocenters. The van der Waals surface area contributed by atoms with Crippen molar-refractivity contribution in [1.29, 1.82) is 0 Å². The Morgan fingerprint density at radius 3 is 2.40 bits per heavy atom. The number of hydrogen-bond donors (Lipinski definition) is 1. The zero-order valence-corrected chi connectivity index (χ0v) is 14.0. The van der Waals surface area contributed by atoms with Gasteiger partial charge in [0.2, 0.25) is 0 Å². The first-order chi connectivity index (χ1) is 9.41. The van der Waals surface area contributed by atoms with E-state index in [0.717, 1.165) is 32.5 Å². The van der Waals surface area contributed by atoms with Gasteiger partial charge in [0.1, 0.15) is 5.54 Å². The highest BCUT2D eigenvalue weighted by atomic mass is 16.5. The van der Waals surface area contributed by atoms with Crippen molar-refractivity contribution < 1.29 is 14.3 Å². The molecule has 0 fully saturated rings. The van der Waals surface area contributed by atoms with Crippen LogP contribution in [0.5, 0.6) is 0 Å². The summed E-state index contributed by atoms with van der Waals surface area (Å²) in [5, 5.41) is 3.31. The Morgan fingerprint density at radius 2 is 1.95 bits per heavy atom. The van der Waals surface area contributed by atoms with Crippen LogP contribution in [0.2, 0.25) is 0 Å². The van der Waals surface area contributed by atoms with Crippen molar-refractivity contribution in [2.45, 2.75) is 52.1 Å². The van der Waals surface area contributed by atoms with Gasteiger partial charge in [0.25, 0.3) is 0 Å². The Kier molecular flexibility index (Phi) is 9.80. The van der Waals surface area contributed by atoms with Gasteiger partial charge in [0, 0.05) is 26.2 Å². The Labute approximate surface area is 124 Å². The first-order valence-electron chi connectivity index (χ1n) is 7.47. The second kappa shape index (κ2) is 10.1. The smallest absolute Gasteiger partial charge is 0.325 e. The lowest BCUT2D eigenvalue weighted by atomic mass is 9.97. The normalized spacial score (nSPS) is 14.6. The summed E-state index contributed by atoms with van der Waals surface area (Å²) in [6.45, 7) is 11.5. The molecule has 0 aromatic rings. The zero-order chi connectivity index (χ0) is 15.6. The molecule has 1 N–H and O–H groups in total. The standard InChI is InChI=1S/C15H32N2O3/c1-7-9-16-15(4,14(18)20-6)8-10-17(13(2)3)11-12-19-5/h13,16H,7-12H2,1-6H3. The molecule has 5 nitrogen and oxygen atoms in total. The van der Waals surface area contributed by atoms with E-state index in [2.05, 4.69) is 31.0 Å². The van der Waals surface area contributed by atoms with E-state index in [1.165, 1.54) is 7.11 Å². The van der Waals surface area contributed by atoms with Gasteiger partial charge in [0.15, 0.2) is 0 Å². The number of ether oxygens (including phenoxy) is 2. The molecule has 0 aliphatic carbocycles. The molecule has 0 aromatic heterocycles. The lowest BCUT2D eigenvalue weighted by Crippen LogP contribution is -2.52. The van der Waals surface area contributed by atoms with E-state index in [-0.39, 0.29) is 5.97 Å². The minimum atomic E-state index is -0.620. The van der Waals surface area contributed by atoms with Gasteiger partial charge in [-0.3, -0.25) is 9.69 Å². The SMILES string of the molecule is CCCNC(C)(CCN(CCOC)C(C)C)C(=O)OC. The van der Waals surface area contributed by atoms with Crippen molar-refractivity contribution >= 4 is 5.97 Å². The number of methoxy groups -OCH3 is 2. The van der Waals surface area contributed by atoms with Crippen LogP contribution in [-0.4, -0.2) is 62.9 Å². The Balaban J connectivity index is 4.58.